The van der Waals surface area contributed by atoms with Crippen LogP contribution in [0.1, 0.15) is 25.3 Å². The van der Waals surface area contributed by atoms with Gasteiger partial charge in [-0.2, -0.15) is 5.10 Å². The molecule has 0 aliphatic heterocycles. The minimum absolute atomic E-state index is 0.0228. The normalized spacial score (nSPS) is 10.4. The molecule has 0 bridgehead atoms. The monoisotopic (exact) mass is 328 g/mol. The molecule has 128 valence electrons. The van der Waals surface area contributed by atoms with E-state index in [9.17, 15) is 9.59 Å². The van der Waals surface area contributed by atoms with Gasteiger partial charge in [0.15, 0.2) is 0 Å². The number of hydrogen-bond donors (Lipinski definition) is 1. The Morgan fingerprint density at radius 1 is 1.21 bits per heavy atom. The van der Waals surface area contributed by atoms with Crippen molar-refractivity contribution in [1.29, 1.82) is 0 Å². The van der Waals surface area contributed by atoms with E-state index < -0.39 is 0 Å². The summed E-state index contributed by atoms with van der Waals surface area (Å²) in [6.45, 7) is 3.88. The van der Waals surface area contributed by atoms with Crippen LogP contribution in [-0.4, -0.2) is 39.6 Å². The average molecular weight is 328 g/mol. The molecule has 1 heterocycles. The summed E-state index contributed by atoms with van der Waals surface area (Å²) in [4.78, 5) is 25.3. The lowest BCUT2D eigenvalue weighted by molar-refractivity contribution is -0.130. The fraction of sp³-hybridized carbons (Fsp3) is 0.389. The molecular formula is C18H24N4O2. The van der Waals surface area contributed by atoms with Crippen molar-refractivity contribution in [2.24, 2.45) is 0 Å². The van der Waals surface area contributed by atoms with Crippen LogP contribution < -0.4 is 5.32 Å². The molecule has 0 saturated heterocycles. The van der Waals surface area contributed by atoms with Crippen LogP contribution in [0.25, 0.3) is 0 Å². The summed E-state index contributed by atoms with van der Waals surface area (Å²) in [6.07, 6.45) is 4.78. The van der Waals surface area contributed by atoms with Gasteiger partial charge in [0.25, 0.3) is 0 Å². The number of hydrogen-bond acceptors (Lipinski definition) is 3. The molecule has 2 amide bonds. The third-order valence-corrected chi connectivity index (χ3v) is 3.72. The number of aromatic nitrogens is 2. The molecule has 0 fully saturated rings. The highest BCUT2D eigenvalue weighted by molar-refractivity contribution is 5.77. The van der Waals surface area contributed by atoms with Gasteiger partial charge in [-0.1, -0.05) is 30.3 Å². The molecule has 0 spiro atoms. The van der Waals surface area contributed by atoms with Crippen molar-refractivity contribution >= 4 is 11.8 Å². The van der Waals surface area contributed by atoms with E-state index in [2.05, 4.69) is 10.4 Å². The highest BCUT2D eigenvalue weighted by Crippen LogP contribution is 2.05. The number of nitrogens with one attached hydrogen (secondary N) is 1. The third kappa shape index (κ3) is 6.24. The van der Waals surface area contributed by atoms with Crippen LogP contribution in [0.2, 0.25) is 0 Å². The largest absolute Gasteiger partial charge is 0.356 e. The van der Waals surface area contributed by atoms with Crippen molar-refractivity contribution in [2.75, 3.05) is 13.1 Å². The Morgan fingerprint density at radius 2 is 2.00 bits per heavy atom. The first-order valence-electron chi connectivity index (χ1n) is 8.18. The predicted molar refractivity (Wildman–Crippen MR) is 92.0 cm³/mol. The Kier molecular flexibility index (Phi) is 7.01. The number of carbonyl (C=O) groups is 2. The number of aryl methyl sites for hydroxylation is 1. The maximum absolute atomic E-state index is 11.9. The summed E-state index contributed by atoms with van der Waals surface area (Å²) >= 11 is 0. The zero-order chi connectivity index (χ0) is 17.2. The first-order chi connectivity index (χ1) is 11.6. The van der Waals surface area contributed by atoms with Crippen LogP contribution in [0, 0.1) is 0 Å². The Labute approximate surface area is 142 Å². The molecule has 0 aliphatic carbocycles. The van der Waals surface area contributed by atoms with E-state index in [1.165, 1.54) is 6.92 Å². The zero-order valence-electron chi connectivity index (χ0n) is 14.0. The fourth-order valence-corrected chi connectivity index (χ4v) is 2.38. The van der Waals surface area contributed by atoms with Crippen LogP contribution in [-0.2, 0) is 22.7 Å². The van der Waals surface area contributed by atoms with Crippen LogP contribution in [0.15, 0.2) is 48.8 Å². The highest BCUT2D eigenvalue weighted by Gasteiger charge is 2.11. The SMILES string of the molecule is CC(=O)N(CCC(=O)NCCCn1cccn1)Cc1ccccc1. The smallest absolute Gasteiger partial charge is 0.221 e. The van der Waals surface area contributed by atoms with E-state index >= 15 is 0 Å². The average Bonchev–Trinajstić information content (AvgIpc) is 3.09. The van der Waals surface area contributed by atoms with Gasteiger partial charge in [-0.25, -0.2) is 0 Å². The maximum Gasteiger partial charge on any atom is 0.221 e. The van der Waals surface area contributed by atoms with Gasteiger partial charge in [0.2, 0.25) is 11.8 Å². The summed E-state index contributed by atoms with van der Waals surface area (Å²) < 4.78 is 1.84. The molecule has 0 aliphatic rings. The number of nitrogens with zero attached hydrogens (tertiary/aromatic N) is 3. The Bertz CT molecular complexity index is 626. The van der Waals surface area contributed by atoms with Crippen LogP contribution >= 0.6 is 0 Å². The van der Waals surface area contributed by atoms with Gasteiger partial charge in [-0.15, -0.1) is 0 Å². The molecule has 0 saturated carbocycles. The van der Waals surface area contributed by atoms with E-state index in [0.717, 1.165) is 18.5 Å². The third-order valence-electron chi connectivity index (χ3n) is 3.72. The summed E-state index contributed by atoms with van der Waals surface area (Å²) in [6, 6.07) is 11.7. The van der Waals surface area contributed by atoms with Crippen molar-refractivity contribution < 1.29 is 9.59 Å². The zero-order valence-corrected chi connectivity index (χ0v) is 14.0. The minimum atomic E-state index is -0.0326. The number of rotatable bonds is 9. The number of amides is 2. The van der Waals surface area contributed by atoms with Crippen molar-refractivity contribution in [1.82, 2.24) is 20.0 Å². The topological polar surface area (TPSA) is 67.2 Å². The van der Waals surface area contributed by atoms with Gasteiger partial charge in [0.05, 0.1) is 0 Å². The number of benzene rings is 1. The lowest BCUT2D eigenvalue weighted by Crippen LogP contribution is -2.34. The molecule has 2 rings (SSSR count). The molecule has 0 atom stereocenters. The Balaban J connectivity index is 1.67. The molecular weight excluding hydrogens is 304 g/mol. The van der Waals surface area contributed by atoms with Crippen LogP contribution in [0.3, 0.4) is 0 Å². The molecule has 24 heavy (non-hydrogen) atoms. The minimum Gasteiger partial charge on any atom is -0.356 e. The Hall–Kier alpha value is -2.63. The van der Waals surface area contributed by atoms with Crippen molar-refractivity contribution in [3.05, 3.63) is 54.4 Å². The lowest BCUT2D eigenvalue weighted by Gasteiger charge is -2.21. The van der Waals surface area contributed by atoms with Gasteiger partial charge in [0.1, 0.15) is 0 Å². The van der Waals surface area contributed by atoms with Crippen LogP contribution in [0.5, 0.6) is 0 Å². The second-order valence-corrected chi connectivity index (χ2v) is 5.65. The van der Waals surface area contributed by atoms with Crippen molar-refractivity contribution in [2.45, 2.75) is 32.9 Å². The van der Waals surface area contributed by atoms with Gasteiger partial charge in [-0.05, 0) is 18.1 Å². The van der Waals surface area contributed by atoms with E-state index in [4.69, 9.17) is 0 Å². The second-order valence-electron chi connectivity index (χ2n) is 5.65. The molecule has 1 N–H and O–H groups in total. The second kappa shape index (κ2) is 9.50. The van der Waals surface area contributed by atoms with Gasteiger partial charge < -0.3 is 10.2 Å². The molecule has 1 aromatic heterocycles. The Morgan fingerprint density at radius 3 is 2.67 bits per heavy atom. The first kappa shape index (κ1) is 17.7. The fourth-order valence-electron chi connectivity index (χ4n) is 2.38. The molecule has 2 aromatic rings. The molecule has 0 unspecified atom stereocenters. The summed E-state index contributed by atoms with van der Waals surface area (Å²) in [5, 5.41) is 7.00. The van der Waals surface area contributed by atoms with Gasteiger partial charge >= 0.3 is 0 Å². The van der Waals surface area contributed by atoms with Crippen molar-refractivity contribution in [3.63, 3.8) is 0 Å². The van der Waals surface area contributed by atoms with Crippen LogP contribution in [0.4, 0.5) is 0 Å². The molecule has 0 radical (unpaired) electrons. The van der Waals surface area contributed by atoms with Gasteiger partial charge in [-0.3, -0.25) is 14.3 Å². The van der Waals surface area contributed by atoms with E-state index in [0.29, 0.717) is 26.1 Å². The predicted octanol–water partition coefficient (Wildman–Crippen LogP) is 1.83. The van der Waals surface area contributed by atoms with E-state index in [1.807, 2.05) is 47.3 Å². The number of carbonyl (C=O) groups excluding carboxylic acids is 2. The highest BCUT2D eigenvalue weighted by atomic mass is 16.2. The van der Waals surface area contributed by atoms with Gasteiger partial charge in [0, 0.05) is 51.9 Å². The van der Waals surface area contributed by atoms with E-state index in [1.54, 1.807) is 11.1 Å². The van der Waals surface area contributed by atoms with Crippen molar-refractivity contribution in [3.8, 4) is 0 Å². The molecule has 6 heteroatoms. The molecule has 6 nitrogen and oxygen atoms in total. The first-order valence-corrected chi connectivity index (χ1v) is 8.18. The summed E-state index contributed by atoms with van der Waals surface area (Å²) in [5.74, 6) is -0.0555. The standard InChI is InChI=1S/C18H24N4O2/c1-16(23)21(15-17-7-3-2-4-8-17)14-9-18(24)19-10-5-12-22-13-6-11-20-22/h2-4,6-8,11,13H,5,9-10,12,14-15H2,1H3,(H,19,24). The summed E-state index contributed by atoms with van der Waals surface area (Å²) in [5.41, 5.74) is 1.06. The molecule has 1 aromatic carbocycles. The quantitative estimate of drug-likeness (QED) is 0.714. The van der Waals surface area contributed by atoms with E-state index in [-0.39, 0.29) is 11.8 Å². The summed E-state index contributed by atoms with van der Waals surface area (Å²) in [7, 11) is 0. The lowest BCUT2D eigenvalue weighted by atomic mass is 10.2. The maximum atomic E-state index is 11.9.